The van der Waals surface area contributed by atoms with Gasteiger partial charge >= 0.3 is 0 Å². The van der Waals surface area contributed by atoms with Gasteiger partial charge in [0.2, 0.25) is 5.91 Å². The number of halogens is 1. The molecule has 0 heterocycles. The average molecular weight is 443 g/mol. The number of nitrogens with one attached hydrogen (secondary N) is 2. The Morgan fingerprint density at radius 3 is 2.23 bits per heavy atom. The minimum atomic E-state index is -3.84. The Hall–Kier alpha value is -1.12. The summed E-state index contributed by atoms with van der Waals surface area (Å²) >= 11 is 3.28. The molecular weight excluding hydrogens is 420 g/mol. The summed E-state index contributed by atoms with van der Waals surface area (Å²) in [5.74, 6) is 2.25. The highest BCUT2D eigenvalue weighted by molar-refractivity contribution is 9.10. The van der Waals surface area contributed by atoms with Crippen LogP contribution in [0.4, 0.5) is 0 Å². The van der Waals surface area contributed by atoms with E-state index in [0.29, 0.717) is 28.0 Å². The second-order valence-corrected chi connectivity index (χ2v) is 10.6. The van der Waals surface area contributed by atoms with Gasteiger partial charge in [-0.1, -0.05) is 0 Å². The molecule has 142 valence electrons. The number of hydrogen-bond acceptors (Lipinski definition) is 4. The SMILES string of the molecule is COc1ccc(S(=O)(=O)NNC(=O)C23CC4CC(CC(C4)C2)C3)cc1Br. The molecule has 4 aliphatic carbocycles. The third kappa shape index (κ3) is 3.16. The summed E-state index contributed by atoms with van der Waals surface area (Å²) in [6.45, 7) is 0. The molecule has 5 rings (SSSR count). The number of hydrazine groups is 1. The number of amides is 1. The van der Waals surface area contributed by atoms with Crippen LogP contribution >= 0.6 is 15.9 Å². The lowest BCUT2D eigenvalue weighted by molar-refractivity contribution is -0.146. The van der Waals surface area contributed by atoms with E-state index in [1.807, 2.05) is 0 Å². The second-order valence-electron chi connectivity index (χ2n) is 8.05. The fourth-order valence-electron chi connectivity index (χ4n) is 5.51. The maximum Gasteiger partial charge on any atom is 0.257 e. The molecule has 0 spiro atoms. The zero-order valence-electron chi connectivity index (χ0n) is 14.6. The number of benzene rings is 1. The molecule has 4 fully saturated rings. The van der Waals surface area contributed by atoms with Crippen LogP contribution in [0.15, 0.2) is 27.6 Å². The quantitative estimate of drug-likeness (QED) is 0.686. The lowest BCUT2D eigenvalue weighted by Gasteiger charge is -2.55. The van der Waals surface area contributed by atoms with Crippen LogP contribution in [-0.2, 0) is 14.8 Å². The molecule has 0 aromatic heterocycles. The van der Waals surface area contributed by atoms with Crippen LogP contribution in [0.5, 0.6) is 5.75 Å². The number of carbonyl (C=O) groups is 1. The first-order valence-electron chi connectivity index (χ1n) is 8.97. The Kier molecular flexibility index (Phi) is 4.56. The maximum atomic E-state index is 12.9. The first-order valence-corrected chi connectivity index (χ1v) is 11.2. The zero-order chi connectivity index (χ0) is 18.5. The molecule has 0 atom stereocenters. The molecule has 4 saturated carbocycles. The number of carbonyl (C=O) groups excluding carboxylic acids is 1. The van der Waals surface area contributed by atoms with Gasteiger partial charge in [-0.3, -0.25) is 10.2 Å². The van der Waals surface area contributed by atoms with Crippen molar-refractivity contribution in [1.29, 1.82) is 0 Å². The molecule has 0 radical (unpaired) electrons. The van der Waals surface area contributed by atoms with Crippen LogP contribution in [0, 0.1) is 23.2 Å². The average Bonchev–Trinajstić information content (AvgIpc) is 2.58. The lowest BCUT2D eigenvalue weighted by atomic mass is 9.49. The summed E-state index contributed by atoms with van der Waals surface area (Å²) in [4.78, 5) is 15.2. The first-order chi connectivity index (χ1) is 12.3. The number of rotatable bonds is 5. The summed E-state index contributed by atoms with van der Waals surface area (Å²) in [5.41, 5.74) is 2.11. The summed E-state index contributed by atoms with van der Waals surface area (Å²) in [6.07, 6.45) is 6.37. The van der Waals surface area contributed by atoms with Crippen molar-refractivity contribution in [2.24, 2.45) is 23.2 Å². The van der Waals surface area contributed by atoms with Gasteiger partial charge in [0.05, 0.1) is 21.9 Å². The van der Waals surface area contributed by atoms with Gasteiger partial charge in [0.25, 0.3) is 10.0 Å². The number of methoxy groups -OCH3 is 1. The predicted molar refractivity (Wildman–Crippen MR) is 99.8 cm³/mol. The van der Waals surface area contributed by atoms with Gasteiger partial charge in [-0.15, -0.1) is 4.83 Å². The molecular formula is C18H23BrN2O4S. The van der Waals surface area contributed by atoms with E-state index in [0.717, 1.165) is 19.3 Å². The van der Waals surface area contributed by atoms with Crippen LogP contribution < -0.4 is 15.0 Å². The highest BCUT2D eigenvalue weighted by atomic mass is 79.9. The minimum absolute atomic E-state index is 0.0657. The van der Waals surface area contributed by atoms with Crippen molar-refractivity contribution in [2.45, 2.75) is 43.4 Å². The van der Waals surface area contributed by atoms with E-state index < -0.39 is 15.4 Å². The molecule has 0 saturated heterocycles. The highest BCUT2D eigenvalue weighted by Crippen LogP contribution is 2.60. The van der Waals surface area contributed by atoms with E-state index in [-0.39, 0.29) is 10.8 Å². The Morgan fingerprint density at radius 2 is 1.73 bits per heavy atom. The Labute approximate surface area is 162 Å². The van der Waals surface area contributed by atoms with E-state index in [4.69, 9.17) is 4.74 Å². The largest absolute Gasteiger partial charge is 0.496 e. The summed E-state index contributed by atoms with van der Waals surface area (Å²) < 4.78 is 30.7. The van der Waals surface area contributed by atoms with Crippen molar-refractivity contribution in [2.75, 3.05) is 7.11 Å². The van der Waals surface area contributed by atoms with E-state index in [1.165, 1.54) is 38.5 Å². The second kappa shape index (κ2) is 6.49. The monoisotopic (exact) mass is 442 g/mol. The van der Waals surface area contributed by atoms with Gasteiger partial charge in [0.1, 0.15) is 5.75 Å². The van der Waals surface area contributed by atoms with E-state index >= 15 is 0 Å². The molecule has 2 N–H and O–H groups in total. The van der Waals surface area contributed by atoms with Crippen molar-refractivity contribution < 1.29 is 17.9 Å². The summed E-state index contributed by atoms with van der Waals surface area (Å²) in [5, 5.41) is 0. The standard InChI is InChI=1S/C18H23BrN2O4S/c1-25-16-3-2-14(7-15(16)19)26(23,24)21-20-17(22)18-8-11-4-12(9-18)6-13(5-11)10-18/h2-3,7,11-13,21H,4-6,8-10H2,1H3,(H,20,22). The Balaban J connectivity index is 1.46. The molecule has 4 aliphatic rings. The molecule has 6 nitrogen and oxygen atoms in total. The number of hydrogen-bond donors (Lipinski definition) is 2. The molecule has 8 heteroatoms. The zero-order valence-corrected chi connectivity index (χ0v) is 17.0. The van der Waals surface area contributed by atoms with Crippen molar-refractivity contribution in [3.05, 3.63) is 22.7 Å². The van der Waals surface area contributed by atoms with Crippen LogP contribution in [0.1, 0.15) is 38.5 Å². The number of ether oxygens (including phenoxy) is 1. The third-order valence-corrected chi connectivity index (χ3v) is 8.12. The van der Waals surface area contributed by atoms with E-state index in [9.17, 15) is 13.2 Å². The fourth-order valence-corrected chi connectivity index (χ4v) is 7.07. The van der Waals surface area contributed by atoms with Crippen LogP contribution in [0.25, 0.3) is 0 Å². The van der Waals surface area contributed by atoms with Gasteiger partial charge in [0.15, 0.2) is 0 Å². The van der Waals surface area contributed by atoms with Gasteiger partial charge in [-0.25, -0.2) is 8.42 Å². The van der Waals surface area contributed by atoms with Crippen molar-refractivity contribution in [1.82, 2.24) is 10.3 Å². The summed E-state index contributed by atoms with van der Waals surface area (Å²) in [6, 6.07) is 4.47. The summed E-state index contributed by atoms with van der Waals surface area (Å²) in [7, 11) is -2.33. The molecule has 26 heavy (non-hydrogen) atoms. The van der Waals surface area contributed by atoms with Crippen LogP contribution in [-0.4, -0.2) is 21.4 Å². The first kappa shape index (κ1) is 18.3. The Bertz CT molecular complexity index is 804. The predicted octanol–water partition coefficient (Wildman–Crippen LogP) is 2.98. The molecule has 0 unspecified atom stereocenters. The van der Waals surface area contributed by atoms with Crippen molar-refractivity contribution in [3.8, 4) is 5.75 Å². The maximum absolute atomic E-state index is 12.9. The lowest BCUT2D eigenvalue weighted by Crippen LogP contribution is -2.56. The normalized spacial score (nSPS) is 32.5. The Morgan fingerprint density at radius 1 is 1.15 bits per heavy atom. The molecule has 1 amide bonds. The fraction of sp³-hybridized carbons (Fsp3) is 0.611. The molecule has 1 aromatic rings. The van der Waals surface area contributed by atoms with Crippen LogP contribution in [0.2, 0.25) is 0 Å². The smallest absolute Gasteiger partial charge is 0.257 e. The third-order valence-electron chi connectivity index (χ3n) is 6.25. The van der Waals surface area contributed by atoms with Gasteiger partial charge in [-0.2, -0.15) is 0 Å². The van der Waals surface area contributed by atoms with Gasteiger partial charge < -0.3 is 4.74 Å². The molecule has 0 aliphatic heterocycles. The topological polar surface area (TPSA) is 84.5 Å². The molecule has 1 aromatic carbocycles. The number of sulfonamides is 1. The van der Waals surface area contributed by atoms with Crippen molar-refractivity contribution in [3.63, 3.8) is 0 Å². The van der Waals surface area contributed by atoms with E-state index in [2.05, 4.69) is 26.2 Å². The highest BCUT2D eigenvalue weighted by Gasteiger charge is 2.54. The van der Waals surface area contributed by atoms with E-state index in [1.54, 1.807) is 6.07 Å². The van der Waals surface area contributed by atoms with Crippen molar-refractivity contribution >= 4 is 31.9 Å². The van der Waals surface area contributed by atoms with Gasteiger partial charge in [0, 0.05) is 0 Å². The molecule has 4 bridgehead atoms. The van der Waals surface area contributed by atoms with Gasteiger partial charge in [-0.05, 0) is 90.4 Å². The minimum Gasteiger partial charge on any atom is -0.496 e. The van der Waals surface area contributed by atoms with Crippen LogP contribution in [0.3, 0.4) is 0 Å².